The lowest BCUT2D eigenvalue weighted by Gasteiger charge is -2.31. The Labute approximate surface area is 155 Å². The minimum atomic E-state index is 0.0478. The molecule has 1 amide bonds. The predicted molar refractivity (Wildman–Crippen MR) is 103 cm³/mol. The second-order valence-electron chi connectivity index (χ2n) is 7.05. The van der Waals surface area contributed by atoms with Crippen molar-refractivity contribution in [2.75, 3.05) is 43.1 Å². The van der Waals surface area contributed by atoms with Crippen LogP contribution in [0, 0.1) is 5.92 Å². The molecule has 1 heterocycles. The smallest absolute Gasteiger partial charge is 0.239 e. The van der Waals surface area contributed by atoms with E-state index in [1.54, 1.807) is 0 Å². The molecule has 1 aliphatic heterocycles. The Kier molecular flexibility index (Phi) is 6.43. The van der Waals surface area contributed by atoms with E-state index in [2.05, 4.69) is 22.5 Å². The zero-order chi connectivity index (χ0) is 17.6. The minimum Gasteiger partial charge on any atom is -0.378 e. The molecule has 2 N–H and O–H groups in total. The van der Waals surface area contributed by atoms with Crippen LogP contribution in [0.25, 0.3) is 0 Å². The summed E-state index contributed by atoms with van der Waals surface area (Å²) in [7, 11) is 0. The van der Waals surface area contributed by atoms with Crippen LogP contribution in [-0.2, 0) is 9.53 Å². The number of rotatable bonds is 5. The second-order valence-corrected chi connectivity index (χ2v) is 7.49. The maximum atomic E-state index is 12.4. The SMILES string of the molecule is CC1CCCCC1NC(=O)CNc1cc(Cl)ccc1N1CCOCC1. The monoisotopic (exact) mass is 365 g/mol. The molecule has 0 bridgehead atoms. The lowest BCUT2D eigenvalue weighted by molar-refractivity contribution is -0.120. The highest BCUT2D eigenvalue weighted by molar-refractivity contribution is 6.31. The largest absolute Gasteiger partial charge is 0.378 e. The van der Waals surface area contributed by atoms with Crippen molar-refractivity contribution in [3.05, 3.63) is 23.2 Å². The first-order chi connectivity index (χ1) is 12.1. The van der Waals surface area contributed by atoms with Crippen LogP contribution in [0.3, 0.4) is 0 Å². The number of ether oxygens (including phenoxy) is 1. The number of anilines is 2. The van der Waals surface area contributed by atoms with Gasteiger partial charge in [-0.15, -0.1) is 0 Å². The fraction of sp³-hybridized carbons (Fsp3) is 0.632. The Bertz CT molecular complexity index is 590. The molecule has 2 atom stereocenters. The third kappa shape index (κ3) is 5.02. The number of halogens is 1. The molecule has 5 nitrogen and oxygen atoms in total. The number of hydrogen-bond acceptors (Lipinski definition) is 4. The molecule has 25 heavy (non-hydrogen) atoms. The summed E-state index contributed by atoms with van der Waals surface area (Å²) in [4.78, 5) is 14.6. The van der Waals surface area contributed by atoms with Crippen LogP contribution in [0.15, 0.2) is 18.2 Å². The van der Waals surface area contributed by atoms with Gasteiger partial charge in [-0.05, 0) is 37.0 Å². The van der Waals surface area contributed by atoms with Gasteiger partial charge in [0.15, 0.2) is 0 Å². The lowest BCUT2D eigenvalue weighted by Crippen LogP contribution is -2.43. The molecular formula is C19H28ClN3O2. The molecule has 1 aromatic carbocycles. The normalized spacial score (nSPS) is 24.0. The van der Waals surface area contributed by atoms with Gasteiger partial charge in [0.05, 0.1) is 31.1 Å². The fourth-order valence-electron chi connectivity index (χ4n) is 3.69. The molecule has 1 saturated carbocycles. The van der Waals surface area contributed by atoms with Crippen molar-refractivity contribution < 1.29 is 9.53 Å². The molecule has 2 aliphatic rings. The van der Waals surface area contributed by atoms with E-state index >= 15 is 0 Å². The van der Waals surface area contributed by atoms with Gasteiger partial charge >= 0.3 is 0 Å². The molecule has 1 aliphatic carbocycles. The van der Waals surface area contributed by atoms with Crippen molar-refractivity contribution in [3.8, 4) is 0 Å². The Balaban J connectivity index is 1.59. The summed E-state index contributed by atoms with van der Waals surface area (Å²) >= 11 is 6.16. The van der Waals surface area contributed by atoms with Crippen LogP contribution < -0.4 is 15.5 Å². The van der Waals surface area contributed by atoms with Crippen LogP contribution in [0.1, 0.15) is 32.6 Å². The number of amides is 1. The van der Waals surface area contributed by atoms with Crippen LogP contribution >= 0.6 is 11.6 Å². The van der Waals surface area contributed by atoms with Crippen LogP contribution in [-0.4, -0.2) is 44.8 Å². The molecule has 3 rings (SSSR count). The third-order valence-corrected chi connectivity index (χ3v) is 5.44. The maximum absolute atomic E-state index is 12.4. The van der Waals surface area contributed by atoms with Gasteiger partial charge in [-0.1, -0.05) is 31.4 Å². The zero-order valence-corrected chi connectivity index (χ0v) is 15.6. The van der Waals surface area contributed by atoms with E-state index in [0.29, 0.717) is 17.0 Å². The fourth-order valence-corrected chi connectivity index (χ4v) is 3.87. The summed E-state index contributed by atoms with van der Waals surface area (Å²) in [6.07, 6.45) is 4.77. The van der Waals surface area contributed by atoms with Crippen molar-refractivity contribution in [1.29, 1.82) is 0 Å². The molecule has 0 radical (unpaired) electrons. The number of nitrogens with zero attached hydrogens (tertiary/aromatic N) is 1. The van der Waals surface area contributed by atoms with Gasteiger partial charge in [0.2, 0.25) is 5.91 Å². The van der Waals surface area contributed by atoms with Gasteiger partial charge in [0.25, 0.3) is 0 Å². The summed E-state index contributed by atoms with van der Waals surface area (Å²) in [6.45, 7) is 5.64. The Morgan fingerprint density at radius 2 is 2.04 bits per heavy atom. The zero-order valence-electron chi connectivity index (χ0n) is 14.9. The summed E-state index contributed by atoms with van der Waals surface area (Å²) < 4.78 is 5.43. The van der Waals surface area contributed by atoms with E-state index in [9.17, 15) is 4.79 Å². The molecule has 138 valence electrons. The van der Waals surface area contributed by atoms with E-state index in [-0.39, 0.29) is 12.5 Å². The molecule has 1 saturated heterocycles. The standard InChI is InChI=1S/C19H28ClN3O2/c1-14-4-2-3-5-16(14)22-19(24)13-21-17-12-15(20)6-7-18(17)23-8-10-25-11-9-23/h6-7,12,14,16,21H,2-5,8-11,13H2,1H3,(H,22,24). The van der Waals surface area contributed by atoms with Gasteiger partial charge in [-0.25, -0.2) is 0 Å². The molecule has 6 heteroatoms. The number of carbonyl (C=O) groups is 1. The van der Waals surface area contributed by atoms with E-state index in [0.717, 1.165) is 44.1 Å². The topological polar surface area (TPSA) is 53.6 Å². The van der Waals surface area contributed by atoms with Gasteiger partial charge in [-0.2, -0.15) is 0 Å². The third-order valence-electron chi connectivity index (χ3n) is 5.21. The second kappa shape index (κ2) is 8.77. The Morgan fingerprint density at radius 1 is 1.28 bits per heavy atom. The van der Waals surface area contributed by atoms with E-state index in [1.807, 2.05) is 18.2 Å². The molecule has 0 aromatic heterocycles. The van der Waals surface area contributed by atoms with Gasteiger partial charge in [-0.3, -0.25) is 4.79 Å². The van der Waals surface area contributed by atoms with E-state index < -0.39 is 0 Å². The van der Waals surface area contributed by atoms with E-state index in [4.69, 9.17) is 16.3 Å². The van der Waals surface area contributed by atoms with Crippen molar-refractivity contribution in [2.45, 2.75) is 38.6 Å². The quantitative estimate of drug-likeness (QED) is 0.840. The van der Waals surface area contributed by atoms with Crippen LogP contribution in [0.5, 0.6) is 0 Å². The number of nitrogens with one attached hydrogen (secondary N) is 2. The van der Waals surface area contributed by atoms with Gasteiger partial charge in [0.1, 0.15) is 0 Å². The highest BCUT2D eigenvalue weighted by atomic mass is 35.5. The molecule has 0 spiro atoms. The Morgan fingerprint density at radius 3 is 2.80 bits per heavy atom. The summed E-state index contributed by atoms with van der Waals surface area (Å²) in [6, 6.07) is 6.10. The number of carbonyl (C=O) groups excluding carboxylic acids is 1. The highest BCUT2D eigenvalue weighted by Crippen LogP contribution is 2.30. The van der Waals surface area contributed by atoms with Gasteiger partial charge < -0.3 is 20.3 Å². The summed E-state index contributed by atoms with van der Waals surface area (Å²) in [5, 5.41) is 7.13. The van der Waals surface area contributed by atoms with Gasteiger partial charge in [0, 0.05) is 24.2 Å². The molecule has 1 aromatic rings. The number of morpholine rings is 1. The first-order valence-electron chi connectivity index (χ1n) is 9.29. The number of benzene rings is 1. The first-order valence-corrected chi connectivity index (χ1v) is 9.67. The average molecular weight is 366 g/mol. The molecular weight excluding hydrogens is 338 g/mol. The molecule has 2 unspecified atom stereocenters. The number of hydrogen-bond donors (Lipinski definition) is 2. The highest BCUT2D eigenvalue weighted by Gasteiger charge is 2.23. The lowest BCUT2D eigenvalue weighted by atomic mass is 9.86. The van der Waals surface area contributed by atoms with Crippen LogP contribution in [0.4, 0.5) is 11.4 Å². The summed E-state index contributed by atoms with van der Waals surface area (Å²) in [5.41, 5.74) is 1.98. The Hall–Kier alpha value is -1.46. The van der Waals surface area contributed by atoms with Crippen LogP contribution in [0.2, 0.25) is 5.02 Å². The summed E-state index contributed by atoms with van der Waals surface area (Å²) in [5.74, 6) is 0.611. The first kappa shape index (κ1) is 18.3. The average Bonchev–Trinajstić information content (AvgIpc) is 2.63. The minimum absolute atomic E-state index is 0.0478. The van der Waals surface area contributed by atoms with Crippen molar-refractivity contribution >= 4 is 28.9 Å². The van der Waals surface area contributed by atoms with Crippen molar-refractivity contribution in [1.82, 2.24) is 5.32 Å². The van der Waals surface area contributed by atoms with Crippen molar-refractivity contribution in [2.24, 2.45) is 5.92 Å². The predicted octanol–water partition coefficient (Wildman–Crippen LogP) is 3.28. The van der Waals surface area contributed by atoms with E-state index in [1.165, 1.54) is 19.3 Å². The molecule has 2 fully saturated rings. The van der Waals surface area contributed by atoms with Crippen molar-refractivity contribution in [3.63, 3.8) is 0 Å². The maximum Gasteiger partial charge on any atom is 0.239 e.